The Morgan fingerprint density at radius 1 is 1.04 bits per heavy atom. The molecule has 28 heavy (non-hydrogen) atoms. The number of para-hydroxylation sites is 1. The van der Waals surface area contributed by atoms with E-state index in [9.17, 15) is 0 Å². The van der Waals surface area contributed by atoms with Crippen LogP contribution in [0.5, 0.6) is 11.5 Å². The van der Waals surface area contributed by atoms with Crippen molar-refractivity contribution >= 4 is 5.95 Å². The van der Waals surface area contributed by atoms with Gasteiger partial charge in [-0.1, -0.05) is 18.9 Å². The third-order valence-electron chi connectivity index (χ3n) is 5.67. The van der Waals surface area contributed by atoms with Crippen LogP contribution >= 0.6 is 0 Å². The monoisotopic (exact) mass is 386 g/mol. The number of hydrogen-bond acceptors (Lipinski definition) is 6. The van der Waals surface area contributed by atoms with Crippen molar-refractivity contribution in [1.82, 2.24) is 14.8 Å². The Labute approximate surface area is 166 Å². The van der Waals surface area contributed by atoms with Crippen LogP contribution in [0.4, 0.5) is 5.95 Å². The van der Waals surface area contributed by atoms with Crippen LogP contribution in [0.15, 0.2) is 18.2 Å². The van der Waals surface area contributed by atoms with E-state index >= 15 is 0 Å². The molecule has 2 aliphatic heterocycles. The minimum atomic E-state index is 0.206. The van der Waals surface area contributed by atoms with Crippen LogP contribution in [0, 0.1) is 0 Å². The van der Waals surface area contributed by atoms with Gasteiger partial charge in [0.05, 0.1) is 32.4 Å². The normalized spacial score (nSPS) is 20.2. The van der Waals surface area contributed by atoms with Crippen molar-refractivity contribution in [3.05, 3.63) is 18.2 Å². The molecule has 3 heterocycles. The molecule has 2 aromatic rings. The molecule has 2 fully saturated rings. The summed E-state index contributed by atoms with van der Waals surface area (Å²) >= 11 is 0. The summed E-state index contributed by atoms with van der Waals surface area (Å²) in [6.45, 7) is 3.65. The molecule has 1 aromatic carbocycles. The molecule has 1 atom stereocenters. The lowest BCUT2D eigenvalue weighted by molar-refractivity contribution is 0.0975. The molecule has 0 amide bonds. The molecule has 7 heteroatoms. The summed E-state index contributed by atoms with van der Waals surface area (Å²) in [7, 11) is 3.32. The third kappa shape index (κ3) is 3.81. The van der Waals surface area contributed by atoms with Crippen LogP contribution in [0.2, 0.25) is 0 Å². The van der Waals surface area contributed by atoms with Crippen LogP contribution in [-0.4, -0.2) is 54.8 Å². The number of anilines is 1. The van der Waals surface area contributed by atoms with Crippen LogP contribution < -0.4 is 14.4 Å². The molecular weight excluding hydrogens is 356 g/mol. The Balaban J connectivity index is 1.76. The zero-order chi connectivity index (χ0) is 19.3. The van der Waals surface area contributed by atoms with Crippen molar-refractivity contribution in [1.29, 1.82) is 0 Å². The second-order valence-corrected chi connectivity index (χ2v) is 7.51. The molecule has 2 aliphatic rings. The SMILES string of the molecule is COc1cccc(-c2nnc(N3CCCCCC3)n2CC2CCCO2)c1OC. The van der Waals surface area contributed by atoms with Gasteiger partial charge in [-0.05, 0) is 37.8 Å². The highest BCUT2D eigenvalue weighted by molar-refractivity contribution is 5.70. The summed E-state index contributed by atoms with van der Waals surface area (Å²) < 4.78 is 19.3. The van der Waals surface area contributed by atoms with E-state index in [1.807, 2.05) is 18.2 Å². The molecule has 0 saturated carbocycles. The third-order valence-corrected chi connectivity index (χ3v) is 5.67. The first-order valence-corrected chi connectivity index (χ1v) is 10.3. The first-order chi connectivity index (χ1) is 13.8. The molecule has 4 rings (SSSR count). The second-order valence-electron chi connectivity index (χ2n) is 7.51. The molecule has 0 N–H and O–H groups in total. The molecule has 0 bridgehead atoms. The second kappa shape index (κ2) is 8.82. The Kier molecular flexibility index (Phi) is 6.00. The van der Waals surface area contributed by atoms with Crippen molar-refractivity contribution in [2.24, 2.45) is 0 Å². The highest BCUT2D eigenvalue weighted by atomic mass is 16.5. The van der Waals surface area contributed by atoms with Crippen LogP contribution in [0.25, 0.3) is 11.4 Å². The summed E-state index contributed by atoms with van der Waals surface area (Å²) in [5, 5.41) is 9.22. The molecule has 0 radical (unpaired) electrons. The quantitative estimate of drug-likeness (QED) is 0.757. The van der Waals surface area contributed by atoms with Gasteiger partial charge in [-0.3, -0.25) is 4.57 Å². The highest BCUT2D eigenvalue weighted by Crippen LogP contribution is 2.38. The average molecular weight is 386 g/mol. The molecule has 2 saturated heterocycles. The Bertz CT molecular complexity index is 778. The zero-order valence-electron chi connectivity index (χ0n) is 16.9. The maximum atomic E-state index is 5.93. The van der Waals surface area contributed by atoms with E-state index < -0.39 is 0 Å². The van der Waals surface area contributed by atoms with Crippen molar-refractivity contribution < 1.29 is 14.2 Å². The maximum absolute atomic E-state index is 5.93. The first kappa shape index (κ1) is 19.1. The Hall–Kier alpha value is -2.28. The van der Waals surface area contributed by atoms with Gasteiger partial charge < -0.3 is 19.1 Å². The molecular formula is C21H30N4O3. The zero-order valence-corrected chi connectivity index (χ0v) is 16.9. The van der Waals surface area contributed by atoms with E-state index in [4.69, 9.17) is 14.2 Å². The van der Waals surface area contributed by atoms with Crippen molar-refractivity contribution in [2.75, 3.05) is 38.8 Å². The van der Waals surface area contributed by atoms with Gasteiger partial charge in [0.15, 0.2) is 17.3 Å². The van der Waals surface area contributed by atoms with Crippen molar-refractivity contribution in [3.63, 3.8) is 0 Å². The van der Waals surface area contributed by atoms with Gasteiger partial charge in [-0.25, -0.2) is 0 Å². The van der Waals surface area contributed by atoms with Crippen LogP contribution in [0.3, 0.4) is 0 Å². The lowest BCUT2D eigenvalue weighted by Gasteiger charge is -2.24. The number of rotatable bonds is 6. The average Bonchev–Trinajstić information content (AvgIpc) is 3.31. The molecule has 7 nitrogen and oxygen atoms in total. The molecule has 1 unspecified atom stereocenters. The minimum Gasteiger partial charge on any atom is -0.493 e. The fourth-order valence-corrected chi connectivity index (χ4v) is 4.22. The number of hydrogen-bond donors (Lipinski definition) is 0. The van der Waals surface area contributed by atoms with Crippen LogP contribution in [0.1, 0.15) is 38.5 Å². The highest BCUT2D eigenvalue weighted by Gasteiger charge is 2.26. The summed E-state index contributed by atoms with van der Waals surface area (Å²) in [6.07, 6.45) is 7.36. The minimum absolute atomic E-state index is 0.206. The fraction of sp³-hybridized carbons (Fsp3) is 0.619. The number of methoxy groups -OCH3 is 2. The number of ether oxygens (including phenoxy) is 3. The Morgan fingerprint density at radius 3 is 2.54 bits per heavy atom. The number of benzene rings is 1. The van der Waals surface area contributed by atoms with Gasteiger partial charge in [-0.15, -0.1) is 10.2 Å². The summed E-state index contributed by atoms with van der Waals surface area (Å²) in [5.41, 5.74) is 0.897. The van der Waals surface area contributed by atoms with Crippen molar-refractivity contribution in [2.45, 2.75) is 51.2 Å². The lowest BCUT2D eigenvalue weighted by atomic mass is 10.1. The molecule has 0 aliphatic carbocycles. The van der Waals surface area contributed by atoms with E-state index in [1.165, 1.54) is 25.7 Å². The van der Waals surface area contributed by atoms with Gasteiger partial charge in [0.25, 0.3) is 0 Å². The Morgan fingerprint density at radius 2 is 1.86 bits per heavy atom. The predicted molar refractivity (Wildman–Crippen MR) is 108 cm³/mol. The maximum Gasteiger partial charge on any atom is 0.227 e. The number of nitrogens with zero attached hydrogens (tertiary/aromatic N) is 4. The topological polar surface area (TPSA) is 61.6 Å². The number of aromatic nitrogens is 3. The van der Waals surface area contributed by atoms with E-state index in [0.717, 1.165) is 56.4 Å². The van der Waals surface area contributed by atoms with E-state index in [0.29, 0.717) is 11.5 Å². The van der Waals surface area contributed by atoms with E-state index in [2.05, 4.69) is 19.7 Å². The summed E-state index contributed by atoms with van der Waals surface area (Å²) in [6, 6.07) is 5.88. The molecule has 1 aromatic heterocycles. The van der Waals surface area contributed by atoms with Gasteiger partial charge in [0.1, 0.15) is 0 Å². The van der Waals surface area contributed by atoms with Crippen LogP contribution in [-0.2, 0) is 11.3 Å². The van der Waals surface area contributed by atoms with Gasteiger partial charge in [0, 0.05) is 19.7 Å². The molecule has 0 spiro atoms. The lowest BCUT2D eigenvalue weighted by Crippen LogP contribution is -2.29. The summed E-state index contributed by atoms with van der Waals surface area (Å²) in [5.74, 6) is 3.14. The van der Waals surface area contributed by atoms with Gasteiger partial charge in [-0.2, -0.15) is 0 Å². The summed E-state index contributed by atoms with van der Waals surface area (Å²) in [4.78, 5) is 2.38. The fourth-order valence-electron chi connectivity index (χ4n) is 4.22. The predicted octanol–water partition coefficient (Wildman–Crippen LogP) is 3.52. The van der Waals surface area contributed by atoms with E-state index in [1.54, 1.807) is 14.2 Å². The van der Waals surface area contributed by atoms with Gasteiger partial charge >= 0.3 is 0 Å². The van der Waals surface area contributed by atoms with E-state index in [-0.39, 0.29) is 6.10 Å². The van der Waals surface area contributed by atoms with Gasteiger partial charge in [0.2, 0.25) is 5.95 Å². The first-order valence-electron chi connectivity index (χ1n) is 10.3. The molecule has 152 valence electrons. The standard InChI is InChI=1S/C21H30N4O3/c1-26-18-11-7-10-17(19(18)27-2)20-22-23-21(24-12-5-3-4-6-13-24)25(20)15-16-9-8-14-28-16/h7,10-11,16H,3-6,8-9,12-15H2,1-2H3. The smallest absolute Gasteiger partial charge is 0.227 e. The van der Waals surface area contributed by atoms with Crippen molar-refractivity contribution in [3.8, 4) is 22.9 Å². The largest absolute Gasteiger partial charge is 0.493 e.